The van der Waals surface area contributed by atoms with Gasteiger partial charge in [0.15, 0.2) is 0 Å². The van der Waals surface area contributed by atoms with Gasteiger partial charge in [0.25, 0.3) is 0 Å². The Hall–Kier alpha value is -0.240. The largest absolute Gasteiger partial charge is 1.00 e. The first-order chi connectivity index (χ1) is 14.2. The van der Waals surface area contributed by atoms with Gasteiger partial charge in [0.05, 0.1) is 14.1 Å². The normalized spacial score (nSPS) is 10.4. The van der Waals surface area contributed by atoms with Crippen LogP contribution in [0.15, 0.2) is 30.3 Å². The molecule has 0 fully saturated rings. The number of quaternary nitrogens is 1. The van der Waals surface area contributed by atoms with Crippen LogP contribution >= 0.6 is 11.6 Å². The average Bonchev–Trinajstić information content (AvgIpc) is 2.72. The Bertz CT molecular complexity index is 393. The molecule has 0 saturated carbocycles. The molecule has 0 saturated heterocycles. The van der Waals surface area contributed by atoms with Gasteiger partial charge in [-0.05, 0) is 6.42 Å². The van der Waals surface area contributed by atoms with Crippen molar-refractivity contribution in [1.29, 1.82) is 0 Å². The van der Waals surface area contributed by atoms with Crippen molar-refractivity contribution in [2.75, 3.05) is 20.0 Å². The first-order valence-corrected chi connectivity index (χ1v) is 13.1. The number of unbranched alkanes of at least 4 members (excludes halogenated alkanes) is 15. The molecule has 1 aromatic rings. The predicted molar refractivity (Wildman–Crippen MR) is 133 cm³/mol. The summed E-state index contributed by atoms with van der Waals surface area (Å²) < 4.78 is 0. The lowest BCUT2D eigenvalue weighted by Gasteiger charge is -2.05. The second-order valence-electron chi connectivity index (χ2n) is 8.86. The number of rotatable bonds is 18. The van der Waals surface area contributed by atoms with E-state index in [0.717, 1.165) is 12.4 Å². The summed E-state index contributed by atoms with van der Waals surface area (Å²) in [5, 5.41) is 0. The molecule has 0 spiro atoms. The Morgan fingerprint density at radius 1 is 0.600 bits per heavy atom. The molecule has 0 aliphatic carbocycles. The predicted octanol–water partition coefficient (Wildman–Crippen LogP) is 4.82. The zero-order valence-corrected chi connectivity index (χ0v) is 21.9. The van der Waals surface area contributed by atoms with Gasteiger partial charge < -0.3 is 17.3 Å². The standard InChI is InChI=1S/C18H37Cl.C9H13N.ClH/c1-2-3-4-5-6-7-8-9-10-11-12-13-14-15-16-17-18-19;1-10(2)8-9-6-4-3-5-7-9;/h2-18H2,1H3;3-7H,8H2,1-2H3;1H. The van der Waals surface area contributed by atoms with E-state index >= 15 is 0 Å². The summed E-state index contributed by atoms with van der Waals surface area (Å²) in [5.74, 6) is 0.846. The molecule has 0 bridgehead atoms. The minimum Gasteiger partial charge on any atom is -1.00 e. The average molecular weight is 461 g/mol. The van der Waals surface area contributed by atoms with Gasteiger partial charge in [-0.2, -0.15) is 0 Å². The third-order valence-corrected chi connectivity index (χ3v) is 5.65. The molecule has 1 N–H and O–H groups in total. The Morgan fingerprint density at radius 3 is 1.30 bits per heavy atom. The molecule has 3 heteroatoms. The summed E-state index contributed by atoms with van der Waals surface area (Å²) in [5.41, 5.74) is 1.41. The molecule has 1 nitrogen and oxygen atoms in total. The third kappa shape index (κ3) is 25.8. The second-order valence-corrected chi connectivity index (χ2v) is 9.24. The highest BCUT2D eigenvalue weighted by Crippen LogP contribution is 2.13. The summed E-state index contributed by atoms with van der Waals surface area (Å²) in [6, 6.07) is 10.5. The lowest BCUT2D eigenvalue weighted by atomic mass is 10.0. The molecule has 1 aromatic carbocycles. The fourth-order valence-electron chi connectivity index (χ4n) is 3.65. The molecule has 30 heavy (non-hydrogen) atoms. The summed E-state index contributed by atoms with van der Waals surface area (Å²) in [4.78, 5) is 1.46. The highest BCUT2D eigenvalue weighted by atomic mass is 35.5. The monoisotopic (exact) mass is 459 g/mol. The van der Waals surface area contributed by atoms with E-state index in [2.05, 4.69) is 51.4 Å². The minimum atomic E-state index is 0. The number of benzene rings is 1. The van der Waals surface area contributed by atoms with Gasteiger partial charge >= 0.3 is 0 Å². The van der Waals surface area contributed by atoms with Gasteiger partial charge in [0.1, 0.15) is 6.54 Å². The van der Waals surface area contributed by atoms with Crippen LogP contribution in [0.5, 0.6) is 0 Å². The molecule has 0 aliphatic heterocycles. The van der Waals surface area contributed by atoms with Crippen LogP contribution in [-0.2, 0) is 6.54 Å². The minimum absolute atomic E-state index is 0. The van der Waals surface area contributed by atoms with Crippen molar-refractivity contribution >= 4 is 11.6 Å². The Balaban J connectivity index is 0. The zero-order chi connectivity index (χ0) is 21.4. The van der Waals surface area contributed by atoms with Crippen LogP contribution in [0.2, 0.25) is 0 Å². The second kappa shape index (κ2) is 26.8. The van der Waals surface area contributed by atoms with E-state index in [1.807, 2.05) is 0 Å². The molecule has 0 radical (unpaired) electrons. The molecular weight excluding hydrogens is 409 g/mol. The van der Waals surface area contributed by atoms with Crippen molar-refractivity contribution < 1.29 is 17.3 Å². The van der Waals surface area contributed by atoms with Crippen LogP contribution < -0.4 is 17.3 Å². The van der Waals surface area contributed by atoms with Crippen LogP contribution in [0.3, 0.4) is 0 Å². The van der Waals surface area contributed by atoms with Crippen molar-refractivity contribution in [3.63, 3.8) is 0 Å². The van der Waals surface area contributed by atoms with E-state index in [9.17, 15) is 0 Å². The van der Waals surface area contributed by atoms with Crippen LogP contribution in [0.4, 0.5) is 0 Å². The van der Waals surface area contributed by atoms with Crippen molar-refractivity contribution in [3.05, 3.63) is 35.9 Å². The van der Waals surface area contributed by atoms with E-state index in [4.69, 9.17) is 11.6 Å². The maximum atomic E-state index is 5.66. The highest BCUT2D eigenvalue weighted by Gasteiger charge is 1.95. The summed E-state index contributed by atoms with van der Waals surface area (Å²) in [6.45, 7) is 3.40. The van der Waals surface area contributed by atoms with E-state index in [0.29, 0.717) is 0 Å². The van der Waals surface area contributed by atoms with Gasteiger partial charge in [-0.3, -0.25) is 0 Å². The van der Waals surface area contributed by atoms with Crippen LogP contribution in [0.1, 0.15) is 115 Å². The summed E-state index contributed by atoms with van der Waals surface area (Å²) in [6.07, 6.45) is 22.8. The van der Waals surface area contributed by atoms with Gasteiger partial charge in [-0.25, -0.2) is 0 Å². The fourth-order valence-corrected chi connectivity index (χ4v) is 3.84. The highest BCUT2D eigenvalue weighted by molar-refractivity contribution is 6.17. The topological polar surface area (TPSA) is 4.44 Å². The van der Waals surface area contributed by atoms with Crippen LogP contribution in [0, 0.1) is 0 Å². The van der Waals surface area contributed by atoms with Gasteiger partial charge in [0, 0.05) is 11.4 Å². The number of alkyl halides is 1. The van der Waals surface area contributed by atoms with Gasteiger partial charge in [0.2, 0.25) is 0 Å². The van der Waals surface area contributed by atoms with Crippen molar-refractivity contribution in [3.8, 4) is 0 Å². The zero-order valence-electron chi connectivity index (χ0n) is 20.4. The van der Waals surface area contributed by atoms with Gasteiger partial charge in [-0.1, -0.05) is 134 Å². The lowest BCUT2D eigenvalue weighted by molar-refractivity contribution is -0.872. The summed E-state index contributed by atoms with van der Waals surface area (Å²) >= 11 is 5.66. The van der Waals surface area contributed by atoms with Crippen molar-refractivity contribution in [2.24, 2.45) is 0 Å². The van der Waals surface area contributed by atoms with E-state index < -0.39 is 0 Å². The number of hydrogen-bond donors (Lipinski definition) is 1. The maximum absolute atomic E-state index is 5.66. The van der Waals surface area contributed by atoms with Gasteiger partial charge in [-0.15, -0.1) is 11.6 Å². The van der Waals surface area contributed by atoms with Crippen LogP contribution in [0.25, 0.3) is 0 Å². The number of nitrogens with one attached hydrogen (secondary N) is 1. The number of hydrogen-bond acceptors (Lipinski definition) is 0. The van der Waals surface area contributed by atoms with Crippen molar-refractivity contribution in [2.45, 2.75) is 116 Å². The molecule has 178 valence electrons. The Kier molecular flexibility index (Phi) is 28.5. The molecule has 0 amide bonds. The molecule has 1 rings (SSSR count). The molecule has 0 heterocycles. The SMILES string of the molecule is CCCCCCCCCCCCCCCCCCCl.C[NH+](C)Cc1ccccc1.[Cl-]. The lowest BCUT2D eigenvalue weighted by Crippen LogP contribution is -3.04. The molecule has 0 aromatic heterocycles. The van der Waals surface area contributed by atoms with E-state index in [1.165, 1.54) is 113 Å². The number of halogens is 2. The Labute approximate surface area is 200 Å². The quantitative estimate of drug-likeness (QED) is 0.237. The van der Waals surface area contributed by atoms with E-state index in [1.54, 1.807) is 0 Å². The van der Waals surface area contributed by atoms with E-state index in [-0.39, 0.29) is 12.4 Å². The molecule has 0 aliphatic rings. The first kappa shape index (κ1) is 31.9. The van der Waals surface area contributed by atoms with Crippen molar-refractivity contribution in [1.82, 2.24) is 0 Å². The molecular formula is C27H51Cl2N. The fraction of sp³-hybridized carbons (Fsp3) is 0.778. The molecule has 0 atom stereocenters. The smallest absolute Gasteiger partial charge is 0.102 e. The first-order valence-electron chi connectivity index (χ1n) is 12.6. The maximum Gasteiger partial charge on any atom is 0.102 e. The third-order valence-electron chi connectivity index (χ3n) is 5.39. The molecule has 0 unspecified atom stereocenters. The summed E-state index contributed by atoms with van der Waals surface area (Å²) in [7, 11) is 4.32. The Morgan fingerprint density at radius 2 is 0.967 bits per heavy atom. The van der Waals surface area contributed by atoms with Crippen LogP contribution in [-0.4, -0.2) is 20.0 Å².